The molecule has 1 saturated heterocycles. The Kier molecular flexibility index (Phi) is 4.36. The molecule has 2 N–H and O–H groups in total. The van der Waals surface area contributed by atoms with E-state index in [1.54, 1.807) is 0 Å². The van der Waals surface area contributed by atoms with Crippen molar-refractivity contribution in [1.82, 2.24) is 5.32 Å². The van der Waals surface area contributed by atoms with Gasteiger partial charge in [-0.2, -0.15) is 0 Å². The molecule has 6 nitrogen and oxygen atoms in total. The van der Waals surface area contributed by atoms with E-state index in [0.29, 0.717) is 13.0 Å². The summed E-state index contributed by atoms with van der Waals surface area (Å²) in [5, 5.41) is 11.2. The third-order valence-electron chi connectivity index (χ3n) is 2.31. The molecule has 0 aliphatic carbocycles. The van der Waals surface area contributed by atoms with E-state index in [-0.39, 0.29) is 0 Å². The predicted molar refractivity (Wildman–Crippen MR) is 50.6 cm³/mol. The Morgan fingerprint density at radius 3 is 2.73 bits per heavy atom. The van der Waals surface area contributed by atoms with E-state index in [9.17, 15) is 9.59 Å². The van der Waals surface area contributed by atoms with E-state index >= 15 is 0 Å². The van der Waals surface area contributed by atoms with Crippen molar-refractivity contribution < 1.29 is 24.2 Å². The van der Waals surface area contributed by atoms with Gasteiger partial charge in [-0.15, -0.1) is 0 Å². The quantitative estimate of drug-likeness (QED) is 0.713. The average molecular weight is 217 g/mol. The van der Waals surface area contributed by atoms with Gasteiger partial charge in [-0.25, -0.2) is 9.59 Å². The largest absolute Gasteiger partial charge is 0.480 e. The van der Waals surface area contributed by atoms with Gasteiger partial charge in [0.1, 0.15) is 0 Å². The van der Waals surface area contributed by atoms with E-state index in [0.717, 1.165) is 12.8 Å². The molecule has 0 unspecified atom stereocenters. The number of rotatable bonds is 3. The van der Waals surface area contributed by atoms with Crippen molar-refractivity contribution in [2.75, 3.05) is 13.7 Å². The zero-order chi connectivity index (χ0) is 11.3. The Balaban J connectivity index is 2.55. The third kappa shape index (κ3) is 3.39. The molecule has 0 aromatic rings. The van der Waals surface area contributed by atoms with E-state index < -0.39 is 24.2 Å². The minimum absolute atomic E-state index is 0.463. The maximum absolute atomic E-state index is 10.9. The molecule has 86 valence electrons. The molecule has 0 spiro atoms. The number of ether oxygens (including phenoxy) is 2. The summed E-state index contributed by atoms with van der Waals surface area (Å²) in [7, 11) is 1.19. The number of aliphatic carboxylic acids is 1. The van der Waals surface area contributed by atoms with E-state index in [2.05, 4.69) is 10.1 Å². The molecule has 15 heavy (non-hydrogen) atoms. The number of carboxylic acid groups (broad SMARTS) is 1. The second-order valence-corrected chi connectivity index (χ2v) is 3.36. The first-order chi connectivity index (χ1) is 7.15. The molecule has 2 atom stereocenters. The second kappa shape index (κ2) is 5.55. The van der Waals surface area contributed by atoms with Crippen LogP contribution >= 0.6 is 0 Å². The molecule has 0 aromatic heterocycles. The molecular weight excluding hydrogens is 202 g/mol. The summed E-state index contributed by atoms with van der Waals surface area (Å²) in [6, 6.07) is -1.03. The first-order valence-corrected chi connectivity index (χ1v) is 4.84. The van der Waals surface area contributed by atoms with Gasteiger partial charge in [0, 0.05) is 6.61 Å². The van der Waals surface area contributed by atoms with E-state index in [1.807, 2.05) is 0 Å². The fourth-order valence-electron chi connectivity index (χ4n) is 1.53. The molecule has 0 aromatic carbocycles. The lowest BCUT2D eigenvalue weighted by molar-refractivity contribution is -0.144. The molecule has 1 aliphatic heterocycles. The molecule has 0 radical (unpaired) electrons. The smallest absolute Gasteiger partial charge is 0.407 e. The van der Waals surface area contributed by atoms with Gasteiger partial charge < -0.3 is 19.9 Å². The minimum atomic E-state index is -1.10. The van der Waals surface area contributed by atoms with Gasteiger partial charge in [-0.3, -0.25) is 0 Å². The van der Waals surface area contributed by atoms with Crippen LogP contribution in [0.4, 0.5) is 4.79 Å². The normalized spacial score (nSPS) is 22.9. The molecule has 1 rings (SSSR count). The molecular formula is C9H15NO5. The number of hydrogen-bond donors (Lipinski definition) is 2. The Bertz CT molecular complexity index is 237. The number of alkyl carbamates (subject to hydrolysis) is 1. The van der Waals surface area contributed by atoms with Crippen LogP contribution in [-0.4, -0.2) is 43.0 Å². The summed E-state index contributed by atoms with van der Waals surface area (Å²) >= 11 is 0. The van der Waals surface area contributed by atoms with Crippen LogP contribution < -0.4 is 5.32 Å². The number of nitrogens with one attached hydrogen (secondary N) is 1. The summed E-state index contributed by atoms with van der Waals surface area (Å²) < 4.78 is 9.65. The van der Waals surface area contributed by atoms with Crippen LogP contribution in [0.25, 0.3) is 0 Å². The number of carbonyl (C=O) groups is 2. The topological polar surface area (TPSA) is 84.9 Å². The fraction of sp³-hybridized carbons (Fsp3) is 0.778. The third-order valence-corrected chi connectivity index (χ3v) is 2.31. The lowest BCUT2D eigenvalue weighted by Crippen LogP contribution is -2.50. The Morgan fingerprint density at radius 1 is 1.53 bits per heavy atom. The molecule has 1 amide bonds. The van der Waals surface area contributed by atoms with Crippen LogP contribution in [-0.2, 0) is 14.3 Å². The van der Waals surface area contributed by atoms with Gasteiger partial charge in [0.15, 0.2) is 6.04 Å². The zero-order valence-electron chi connectivity index (χ0n) is 8.56. The highest BCUT2D eigenvalue weighted by Gasteiger charge is 2.31. The van der Waals surface area contributed by atoms with Crippen LogP contribution in [0.2, 0.25) is 0 Å². The van der Waals surface area contributed by atoms with Crippen molar-refractivity contribution in [3.8, 4) is 0 Å². The second-order valence-electron chi connectivity index (χ2n) is 3.36. The van der Waals surface area contributed by atoms with E-state index in [4.69, 9.17) is 9.84 Å². The molecule has 1 fully saturated rings. The minimum Gasteiger partial charge on any atom is -0.480 e. The van der Waals surface area contributed by atoms with Gasteiger partial charge in [0.25, 0.3) is 0 Å². The number of carbonyl (C=O) groups excluding carboxylic acids is 1. The number of methoxy groups -OCH3 is 1. The average Bonchev–Trinajstić information content (AvgIpc) is 2.26. The molecule has 0 saturated carbocycles. The van der Waals surface area contributed by atoms with Crippen LogP contribution in [0.5, 0.6) is 0 Å². The fourth-order valence-corrected chi connectivity index (χ4v) is 1.53. The van der Waals surface area contributed by atoms with Gasteiger partial charge in [0.05, 0.1) is 13.2 Å². The SMILES string of the molecule is COC(=O)N[C@@H](C(=O)O)[C@@H]1CCCCO1. The van der Waals surface area contributed by atoms with Crippen molar-refractivity contribution in [1.29, 1.82) is 0 Å². The summed E-state index contributed by atoms with van der Waals surface area (Å²) in [4.78, 5) is 21.8. The van der Waals surface area contributed by atoms with Gasteiger partial charge in [-0.1, -0.05) is 0 Å². The first-order valence-electron chi connectivity index (χ1n) is 4.84. The van der Waals surface area contributed by atoms with Crippen molar-refractivity contribution in [2.24, 2.45) is 0 Å². The summed E-state index contributed by atoms with van der Waals surface area (Å²) in [5.41, 5.74) is 0. The van der Waals surface area contributed by atoms with Crippen molar-refractivity contribution in [3.05, 3.63) is 0 Å². The lowest BCUT2D eigenvalue weighted by atomic mass is 10.0. The van der Waals surface area contributed by atoms with Crippen molar-refractivity contribution >= 4 is 12.1 Å². The summed E-state index contributed by atoms with van der Waals surface area (Å²) in [5.74, 6) is -1.10. The van der Waals surface area contributed by atoms with Gasteiger partial charge >= 0.3 is 12.1 Å². The highest BCUT2D eigenvalue weighted by atomic mass is 16.5. The van der Waals surface area contributed by atoms with Crippen molar-refractivity contribution in [2.45, 2.75) is 31.4 Å². The lowest BCUT2D eigenvalue weighted by Gasteiger charge is -2.27. The molecule has 1 heterocycles. The Labute approximate surface area is 87.5 Å². The number of hydrogen-bond acceptors (Lipinski definition) is 4. The maximum atomic E-state index is 10.9. The van der Waals surface area contributed by atoms with Crippen molar-refractivity contribution in [3.63, 3.8) is 0 Å². The standard InChI is InChI=1S/C9H15NO5/c1-14-9(13)10-7(8(11)12)6-4-2-3-5-15-6/h6-7H,2-5H2,1H3,(H,10,13)(H,11,12)/t6-,7+/m0/s1. The zero-order valence-corrected chi connectivity index (χ0v) is 8.56. The first kappa shape index (κ1) is 11.8. The van der Waals surface area contributed by atoms with Crippen LogP contribution in [0.1, 0.15) is 19.3 Å². The summed E-state index contributed by atoms with van der Waals surface area (Å²) in [6.45, 7) is 0.539. The summed E-state index contributed by atoms with van der Waals surface area (Å²) in [6.07, 6.45) is 1.27. The Hall–Kier alpha value is -1.30. The van der Waals surface area contributed by atoms with Crippen LogP contribution in [0.3, 0.4) is 0 Å². The van der Waals surface area contributed by atoms with Crippen LogP contribution in [0, 0.1) is 0 Å². The number of amides is 1. The number of carboxylic acids is 1. The highest BCUT2D eigenvalue weighted by molar-refractivity contribution is 5.80. The van der Waals surface area contributed by atoms with E-state index in [1.165, 1.54) is 7.11 Å². The maximum Gasteiger partial charge on any atom is 0.407 e. The van der Waals surface area contributed by atoms with Gasteiger partial charge in [-0.05, 0) is 19.3 Å². The van der Waals surface area contributed by atoms with Gasteiger partial charge in [0.2, 0.25) is 0 Å². The molecule has 0 bridgehead atoms. The monoisotopic (exact) mass is 217 g/mol. The highest BCUT2D eigenvalue weighted by Crippen LogP contribution is 2.16. The molecule has 1 aliphatic rings. The molecule has 6 heteroatoms. The predicted octanol–water partition coefficient (Wildman–Crippen LogP) is 0.365. The Morgan fingerprint density at radius 2 is 2.27 bits per heavy atom. The van der Waals surface area contributed by atoms with Crippen LogP contribution in [0.15, 0.2) is 0 Å².